The van der Waals surface area contributed by atoms with Crippen LogP contribution in [0.1, 0.15) is 6.92 Å². The molecule has 0 bridgehead atoms. The Hall–Kier alpha value is -0.282. The number of benzene rings is 2. The van der Waals surface area contributed by atoms with Crippen molar-refractivity contribution in [1.29, 1.82) is 0 Å². The Morgan fingerprint density at radius 1 is 1.10 bits per heavy atom. The molecule has 0 fully saturated rings. The Morgan fingerprint density at radius 3 is 2.35 bits per heavy atom. The molecule has 0 unspecified atom stereocenters. The van der Waals surface area contributed by atoms with Gasteiger partial charge >= 0.3 is 5.97 Å². The maximum absolute atomic E-state index is 11.5. The minimum absolute atomic E-state index is 0. The molecular formula is C14H12O4Y2. The number of hydrogen-bond acceptors (Lipinski definition) is 4. The minimum atomic E-state index is -0.532. The van der Waals surface area contributed by atoms with Gasteiger partial charge in [0, 0.05) is 81.8 Å². The van der Waals surface area contributed by atoms with Crippen LogP contribution in [0.3, 0.4) is 0 Å². The van der Waals surface area contributed by atoms with E-state index in [4.69, 9.17) is 4.74 Å². The maximum Gasteiger partial charge on any atom is 0.338 e. The number of rotatable bonds is 2. The van der Waals surface area contributed by atoms with Crippen LogP contribution in [0.25, 0.3) is 10.8 Å². The van der Waals surface area contributed by atoms with E-state index in [0.29, 0.717) is 16.5 Å². The van der Waals surface area contributed by atoms with Crippen LogP contribution in [0, 0.1) is 0 Å². The Morgan fingerprint density at radius 2 is 1.75 bits per heavy atom. The molecule has 6 heteroatoms. The summed E-state index contributed by atoms with van der Waals surface area (Å²) >= 11 is 0. The van der Waals surface area contributed by atoms with Gasteiger partial charge in [-0.05, 0) is 25.1 Å². The Bertz CT molecular complexity index is 653. The first-order valence-corrected chi connectivity index (χ1v) is 5.32. The molecule has 2 aromatic rings. The van der Waals surface area contributed by atoms with E-state index in [1.807, 2.05) is 0 Å². The van der Waals surface area contributed by atoms with Gasteiger partial charge in [0.25, 0.3) is 0 Å². The van der Waals surface area contributed by atoms with Crippen LogP contribution in [-0.2, 0) is 70.2 Å². The summed E-state index contributed by atoms with van der Waals surface area (Å²) in [4.78, 5) is 11.5. The number of carbonyl (C=O) groups excluding carboxylic acids is 1. The van der Waals surface area contributed by atoms with E-state index in [9.17, 15) is 15.0 Å². The molecule has 4 nitrogen and oxygen atoms in total. The molecule has 2 radical (unpaired) electrons. The molecule has 0 heterocycles. The first-order valence-electron chi connectivity index (χ1n) is 5.32. The molecule has 0 aliphatic carbocycles. The third-order valence-corrected chi connectivity index (χ3v) is 2.52. The Labute approximate surface area is 167 Å². The third kappa shape index (κ3) is 4.11. The molecule has 0 aliphatic heterocycles. The van der Waals surface area contributed by atoms with Crippen molar-refractivity contribution in [2.75, 3.05) is 0 Å². The molecule has 0 saturated carbocycles. The van der Waals surface area contributed by atoms with Crippen LogP contribution in [0.5, 0.6) is 17.2 Å². The molecule has 0 atom stereocenters. The molecule has 20 heavy (non-hydrogen) atoms. The summed E-state index contributed by atoms with van der Waals surface area (Å²) in [6.07, 6.45) is 0. The quantitative estimate of drug-likeness (QED) is 0.338. The van der Waals surface area contributed by atoms with Crippen LogP contribution in [-0.4, -0.2) is 16.2 Å². The first-order chi connectivity index (χ1) is 8.50. The predicted octanol–water partition coefficient (Wildman–Crippen LogP) is 2.73. The SMILES string of the molecule is C=C(C)C(=O)Oc1cccc2c(O)c(O)ccc12.[Y].[Y]. The van der Waals surface area contributed by atoms with Crippen molar-refractivity contribution in [1.82, 2.24) is 0 Å². The summed E-state index contributed by atoms with van der Waals surface area (Å²) < 4.78 is 5.15. The molecule has 0 spiro atoms. The van der Waals surface area contributed by atoms with Crippen molar-refractivity contribution in [3.63, 3.8) is 0 Å². The van der Waals surface area contributed by atoms with Gasteiger partial charge < -0.3 is 14.9 Å². The summed E-state index contributed by atoms with van der Waals surface area (Å²) in [6, 6.07) is 7.78. The van der Waals surface area contributed by atoms with Crippen LogP contribution >= 0.6 is 0 Å². The van der Waals surface area contributed by atoms with Crippen molar-refractivity contribution >= 4 is 16.7 Å². The third-order valence-electron chi connectivity index (χ3n) is 2.52. The van der Waals surface area contributed by atoms with Gasteiger partial charge in [0.1, 0.15) is 5.75 Å². The fraction of sp³-hybridized carbons (Fsp3) is 0.0714. The van der Waals surface area contributed by atoms with E-state index in [-0.39, 0.29) is 82.5 Å². The van der Waals surface area contributed by atoms with E-state index in [1.165, 1.54) is 6.07 Å². The van der Waals surface area contributed by atoms with Gasteiger partial charge in [-0.1, -0.05) is 18.7 Å². The molecule has 0 amide bonds. The van der Waals surface area contributed by atoms with Gasteiger partial charge in [-0.15, -0.1) is 0 Å². The first kappa shape index (κ1) is 19.7. The fourth-order valence-corrected chi connectivity index (χ4v) is 1.58. The second-order valence-electron chi connectivity index (χ2n) is 3.95. The molecule has 0 saturated heterocycles. The van der Waals surface area contributed by atoms with Gasteiger partial charge in [0.15, 0.2) is 11.5 Å². The standard InChI is InChI=1S/C14H12O4.2Y/c1-8(2)14(17)18-12-5-3-4-10-9(12)6-7-11(15)13(10)16;;/h3-7,15-16H,1H2,2H3;;. The summed E-state index contributed by atoms with van der Waals surface area (Å²) in [5.41, 5.74) is 0.287. The number of ether oxygens (including phenoxy) is 1. The monoisotopic (exact) mass is 422 g/mol. The van der Waals surface area contributed by atoms with Crippen molar-refractivity contribution < 1.29 is 85.2 Å². The Balaban J connectivity index is 0.00000180. The molecule has 98 valence electrons. The van der Waals surface area contributed by atoms with Gasteiger partial charge in [0.05, 0.1) is 0 Å². The van der Waals surface area contributed by atoms with Crippen LogP contribution in [0.4, 0.5) is 0 Å². The number of aromatic hydroxyl groups is 2. The zero-order valence-electron chi connectivity index (χ0n) is 11.0. The average molecular weight is 422 g/mol. The number of phenols is 2. The molecule has 2 rings (SSSR count). The molecule has 2 aromatic carbocycles. The van der Waals surface area contributed by atoms with Gasteiger partial charge in [-0.25, -0.2) is 4.79 Å². The van der Waals surface area contributed by atoms with Gasteiger partial charge in [0.2, 0.25) is 0 Å². The number of fused-ring (bicyclic) bond motifs is 1. The molecular weight excluding hydrogens is 410 g/mol. The van der Waals surface area contributed by atoms with Crippen molar-refractivity contribution in [3.8, 4) is 17.2 Å². The minimum Gasteiger partial charge on any atom is -0.504 e. The van der Waals surface area contributed by atoms with E-state index >= 15 is 0 Å². The average Bonchev–Trinajstić information content (AvgIpc) is 2.34. The summed E-state index contributed by atoms with van der Waals surface area (Å²) in [5.74, 6) is -0.669. The molecule has 0 aliphatic rings. The summed E-state index contributed by atoms with van der Waals surface area (Å²) in [5, 5.41) is 20.1. The smallest absolute Gasteiger partial charge is 0.338 e. The van der Waals surface area contributed by atoms with Gasteiger partial charge in [-0.2, -0.15) is 0 Å². The topological polar surface area (TPSA) is 66.8 Å². The molecule has 0 aromatic heterocycles. The van der Waals surface area contributed by atoms with Crippen LogP contribution in [0.2, 0.25) is 0 Å². The number of phenolic OH excluding ortho intramolecular Hbond substituents is 2. The van der Waals surface area contributed by atoms with Gasteiger partial charge in [-0.3, -0.25) is 0 Å². The number of carbonyl (C=O) groups is 1. The van der Waals surface area contributed by atoms with Crippen LogP contribution in [0.15, 0.2) is 42.5 Å². The van der Waals surface area contributed by atoms with Crippen molar-refractivity contribution in [2.24, 2.45) is 0 Å². The van der Waals surface area contributed by atoms with E-state index in [2.05, 4.69) is 6.58 Å². The second-order valence-corrected chi connectivity index (χ2v) is 3.95. The predicted molar refractivity (Wildman–Crippen MR) is 67.7 cm³/mol. The zero-order chi connectivity index (χ0) is 13.3. The van der Waals surface area contributed by atoms with Crippen molar-refractivity contribution in [3.05, 3.63) is 42.5 Å². The summed E-state index contributed by atoms with van der Waals surface area (Å²) in [7, 11) is 0. The second kappa shape index (κ2) is 8.23. The van der Waals surface area contributed by atoms with Crippen LogP contribution < -0.4 is 4.74 Å². The fourth-order valence-electron chi connectivity index (χ4n) is 1.58. The summed E-state index contributed by atoms with van der Waals surface area (Å²) in [6.45, 7) is 5.05. The maximum atomic E-state index is 11.5. The normalized spacial score (nSPS) is 9.25. The van der Waals surface area contributed by atoms with E-state index in [0.717, 1.165) is 0 Å². The largest absolute Gasteiger partial charge is 0.504 e. The van der Waals surface area contributed by atoms with E-state index in [1.54, 1.807) is 31.2 Å². The van der Waals surface area contributed by atoms with E-state index < -0.39 is 5.97 Å². The number of hydrogen-bond donors (Lipinski definition) is 2. The molecule has 2 N–H and O–H groups in total. The van der Waals surface area contributed by atoms with Crippen molar-refractivity contribution in [2.45, 2.75) is 6.92 Å². The number of esters is 1. The zero-order valence-corrected chi connectivity index (χ0v) is 16.6. The Kier molecular flexibility index (Phi) is 8.12.